The molecular formula is C11H18N2O4. The molecule has 1 rings (SSSR count). The van der Waals surface area contributed by atoms with E-state index in [0.29, 0.717) is 19.3 Å². The van der Waals surface area contributed by atoms with Gasteiger partial charge in [-0.2, -0.15) is 0 Å². The Morgan fingerprint density at radius 3 is 2.65 bits per heavy atom. The van der Waals surface area contributed by atoms with Gasteiger partial charge in [-0.05, 0) is 12.3 Å². The Bertz CT molecular complexity index is 329. The second kappa shape index (κ2) is 5.65. The summed E-state index contributed by atoms with van der Waals surface area (Å²) in [6, 6.07) is -1.49. The minimum Gasteiger partial charge on any atom is -0.480 e. The first-order valence-electron chi connectivity index (χ1n) is 5.78. The second-order valence-corrected chi connectivity index (χ2v) is 4.37. The van der Waals surface area contributed by atoms with E-state index in [0.717, 1.165) is 0 Å². The lowest BCUT2D eigenvalue weighted by Gasteiger charge is -2.21. The molecule has 17 heavy (non-hydrogen) atoms. The summed E-state index contributed by atoms with van der Waals surface area (Å²) >= 11 is 0. The van der Waals surface area contributed by atoms with Crippen LogP contribution in [-0.4, -0.2) is 35.0 Å². The number of carbonyl (C=O) groups is 3. The van der Waals surface area contributed by atoms with Crippen molar-refractivity contribution < 1.29 is 19.5 Å². The quantitative estimate of drug-likeness (QED) is 0.626. The van der Waals surface area contributed by atoms with Crippen LogP contribution in [0.15, 0.2) is 0 Å². The summed E-state index contributed by atoms with van der Waals surface area (Å²) in [7, 11) is 0. The Morgan fingerprint density at radius 1 is 1.59 bits per heavy atom. The number of nitrogens with one attached hydrogen (secondary N) is 2. The van der Waals surface area contributed by atoms with Crippen LogP contribution in [-0.2, 0) is 14.4 Å². The summed E-state index contributed by atoms with van der Waals surface area (Å²) in [4.78, 5) is 33.7. The molecular weight excluding hydrogens is 224 g/mol. The van der Waals surface area contributed by atoms with Crippen molar-refractivity contribution in [2.45, 2.75) is 45.2 Å². The number of rotatable bonds is 5. The highest BCUT2D eigenvalue weighted by Crippen LogP contribution is 2.11. The molecule has 6 nitrogen and oxygen atoms in total. The van der Waals surface area contributed by atoms with Crippen LogP contribution in [0.25, 0.3) is 0 Å². The molecule has 3 atom stereocenters. The summed E-state index contributed by atoms with van der Waals surface area (Å²) in [5.74, 6) is -1.77. The largest absolute Gasteiger partial charge is 0.480 e. The van der Waals surface area contributed by atoms with Gasteiger partial charge in [-0.25, -0.2) is 4.79 Å². The fourth-order valence-corrected chi connectivity index (χ4v) is 1.75. The van der Waals surface area contributed by atoms with Gasteiger partial charge in [0.05, 0.1) is 0 Å². The predicted molar refractivity (Wildman–Crippen MR) is 60.2 cm³/mol. The maximum absolute atomic E-state index is 11.7. The van der Waals surface area contributed by atoms with Crippen molar-refractivity contribution in [3.63, 3.8) is 0 Å². The molecule has 0 radical (unpaired) electrons. The third kappa shape index (κ3) is 3.44. The summed E-state index contributed by atoms with van der Waals surface area (Å²) in [5, 5.41) is 14.0. The van der Waals surface area contributed by atoms with Crippen LogP contribution >= 0.6 is 0 Å². The van der Waals surface area contributed by atoms with Crippen LogP contribution < -0.4 is 10.6 Å². The van der Waals surface area contributed by atoms with Crippen LogP contribution in [0.3, 0.4) is 0 Å². The summed E-state index contributed by atoms with van der Waals surface area (Å²) in [6.07, 6.45) is 1.41. The van der Waals surface area contributed by atoms with Crippen molar-refractivity contribution in [2.75, 3.05) is 0 Å². The zero-order valence-corrected chi connectivity index (χ0v) is 10.0. The number of hydrogen-bond acceptors (Lipinski definition) is 3. The van der Waals surface area contributed by atoms with E-state index < -0.39 is 24.0 Å². The number of carbonyl (C=O) groups excluding carboxylic acids is 2. The van der Waals surface area contributed by atoms with Crippen LogP contribution in [0.2, 0.25) is 0 Å². The van der Waals surface area contributed by atoms with Crippen molar-refractivity contribution in [1.29, 1.82) is 0 Å². The molecule has 1 fully saturated rings. The highest BCUT2D eigenvalue weighted by molar-refractivity contribution is 5.92. The third-order valence-corrected chi connectivity index (χ3v) is 3.09. The van der Waals surface area contributed by atoms with Gasteiger partial charge in [0.1, 0.15) is 12.1 Å². The fourth-order valence-electron chi connectivity index (χ4n) is 1.75. The maximum atomic E-state index is 11.7. The van der Waals surface area contributed by atoms with Crippen molar-refractivity contribution in [3.8, 4) is 0 Å². The third-order valence-electron chi connectivity index (χ3n) is 3.09. The molecule has 1 saturated heterocycles. The molecule has 0 spiro atoms. The zero-order valence-electron chi connectivity index (χ0n) is 10.0. The van der Waals surface area contributed by atoms with Crippen molar-refractivity contribution in [3.05, 3.63) is 0 Å². The molecule has 1 aliphatic rings. The Kier molecular flexibility index (Phi) is 4.48. The van der Waals surface area contributed by atoms with Crippen LogP contribution in [0.1, 0.15) is 33.1 Å². The first-order valence-corrected chi connectivity index (χ1v) is 5.78. The predicted octanol–water partition coefficient (Wildman–Crippen LogP) is -0.119. The maximum Gasteiger partial charge on any atom is 0.326 e. The molecule has 0 aromatic carbocycles. The normalized spacial score (nSPS) is 22.7. The lowest BCUT2D eigenvalue weighted by atomic mass is 9.99. The minimum absolute atomic E-state index is 0.145. The topological polar surface area (TPSA) is 95.5 Å². The second-order valence-electron chi connectivity index (χ2n) is 4.37. The molecule has 96 valence electrons. The minimum atomic E-state index is -1.04. The summed E-state index contributed by atoms with van der Waals surface area (Å²) in [6.45, 7) is 3.64. The Morgan fingerprint density at radius 2 is 2.24 bits per heavy atom. The van der Waals surface area contributed by atoms with E-state index in [9.17, 15) is 14.4 Å². The first-order chi connectivity index (χ1) is 7.95. The zero-order chi connectivity index (χ0) is 13.0. The molecule has 0 bridgehead atoms. The average Bonchev–Trinajstić information content (AvgIpc) is 2.71. The van der Waals surface area contributed by atoms with E-state index in [2.05, 4.69) is 10.6 Å². The van der Waals surface area contributed by atoms with E-state index in [4.69, 9.17) is 5.11 Å². The number of carboxylic acid groups (broad SMARTS) is 1. The van der Waals surface area contributed by atoms with Gasteiger partial charge in [0, 0.05) is 6.42 Å². The van der Waals surface area contributed by atoms with E-state index in [1.807, 2.05) is 6.92 Å². The monoisotopic (exact) mass is 242 g/mol. The number of amides is 2. The van der Waals surface area contributed by atoms with E-state index >= 15 is 0 Å². The summed E-state index contributed by atoms with van der Waals surface area (Å²) in [5.41, 5.74) is 0. The van der Waals surface area contributed by atoms with E-state index in [1.54, 1.807) is 6.92 Å². The van der Waals surface area contributed by atoms with Gasteiger partial charge >= 0.3 is 5.97 Å². The molecule has 0 aromatic heterocycles. The highest BCUT2D eigenvalue weighted by Gasteiger charge is 2.32. The first kappa shape index (κ1) is 13.5. The lowest BCUT2D eigenvalue weighted by molar-refractivity contribution is -0.143. The molecule has 0 aliphatic carbocycles. The van der Waals surface area contributed by atoms with Crippen molar-refractivity contribution in [1.82, 2.24) is 10.6 Å². The van der Waals surface area contributed by atoms with Gasteiger partial charge in [0.25, 0.3) is 0 Å². The highest BCUT2D eigenvalue weighted by atomic mass is 16.4. The SMILES string of the molecule is CCC(C)[C@H](NC(=O)[C@H]1CCC(=O)N1)C(=O)O. The molecule has 0 saturated carbocycles. The molecule has 1 unspecified atom stereocenters. The number of carboxylic acids is 1. The Balaban J connectivity index is 2.58. The molecule has 0 aromatic rings. The van der Waals surface area contributed by atoms with Gasteiger partial charge in [0.15, 0.2) is 0 Å². The Labute approximate surface area is 99.8 Å². The molecule has 2 amide bonds. The molecule has 3 N–H and O–H groups in total. The standard InChI is InChI=1S/C11H18N2O4/c1-3-6(2)9(11(16)17)13-10(15)7-4-5-8(14)12-7/h6-7,9H,3-5H2,1-2H3,(H,12,14)(H,13,15)(H,16,17)/t6?,7-,9+/m1/s1. The van der Waals surface area contributed by atoms with E-state index in [-0.39, 0.29) is 11.8 Å². The van der Waals surface area contributed by atoms with E-state index in [1.165, 1.54) is 0 Å². The fraction of sp³-hybridized carbons (Fsp3) is 0.727. The summed E-state index contributed by atoms with van der Waals surface area (Å²) < 4.78 is 0. The molecule has 1 aliphatic heterocycles. The van der Waals surface area contributed by atoms with Crippen molar-refractivity contribution in [2.24, 2.45) is 5.92 Å². The Hall–Kier alpha value is -1.59. The van der Waals surface area contributed by atoms with Gasteiger partial charge in [-0.1, -0.05) is 20.3 Å². The molecule has 6 heteroatoms. The smallest absolute Gasteiger partial charge is 0.326 e. The average molecular weight is 242 g/mol. The van der Waals surface area contributed by atoms with Crippen molar-refractivity contribution >= 4 is 17.8 Å². The van der Waals surface area contributed by atoms with Crippen LogP contribution in [0.4, 0.5) is 0 Å². The molecule has 1 heterocycles. The number of aliphatic carboxylic acids is 1. The van der Waals surface area contributed by atoms with Gasteiger partial charge in [-0.15, -0.1) is 0 Å². The van der Waals surface area contributed by atoms with Gasteiger partial charge in [-0.3, -0.25) is 9.59 Å². The van der Waals surface area contributed by atoms with Gasteiger partial charge < -0.3 is 15.7 Å². The van der Waals surface area contributed by atoms with Crippen LogP contribution in [0.5, 0.6) is 0 Å². The van der Waals surface area contributed by atoms with Gasteiger partial charge in [0.2, 0.25) is 11.8 Å². The number of hydrogen-bond donors (Lipinski definition) is 3. The lowest BCUT2D eigenvalue weighted by Crippen LogP contribution is -2.51. The van der Waals surface area contributed by atoms with Crippen LogP contribution in [0, 0.1) is 5.92 Å².